The van der Waals surface area contributed by atoms with Crippen molar-refractivity contribution in [2.75, 3.05) is 5.32 Å². The highest BCUT2D eigenvalue weighted by Gasteiger charge is 2.15. The van der Waals surface area contributed by atoms with Crippen LogP contribution in [0.3, 0.4) is 0 Å². The summed E-state index contributed by atoms with van der Waals surface area (Å²) in [5.41, 5.74) is 6.10. The molecule has 3 N–H and O–H groups in total. The number of ether oxygens (including phenoxy) is 1. The number of nitrogens with two attached hydrogens (primary N) is 1. The number of nitrogens with zero attached hydrogens (tertiary/aromatic N) is 1. The molecule has 0 bridgehead atoms. The maximum atomic E-state index is 13.9. The minimum Gasteiger partial charge on any atom is -0.439 e. The first kappa shape index (κ1) is 18.8. The van der Waals surface area contributed by atoms with Crippen LogP contribution in [0.1, 0.15) is 15.9 Å². The normalized spacial score (nSPS) is 10.5. The van der Waals surface area contributed by atoms with Crippen molar-refractivity contribution in [2.24, 2.45) is 5.73 Å². The Morgan fingerprint density at radius 3 is 2.52 bits per heavy atom. The summed E-state index contributed by atoms with van der Waals surface area (Å²) in [6.45, 7) is 0.292. The van der Waals surface area contributed by atoms with Crippen LogP contribution in [0.4, 0.5) is 14.5 Å². The van der Waals surface area contributed by atoms with E-state index in [2.05, 4.69) is 26.2 Å². The first-order valence-electron chi connectivity index (χ1n) is 7.83. The van der Waals surface area contributed by atoms with Crippen molar-refractivity contribution in [1.82, 2.24) is 4.98 Å². The number of carbonyl (C=O) groups excluding carboxylic acids is 1. The average Bonchev–Trinajstić information content (AvgIpc) is 2.62. The van der Waals surface area contributed by atoms with E-state index in [1.54, 1.807) is 24.4 Å². The highest BCUT2D eigenvalue weighted by molar-refractivity contribution is 9.10. The van der Waals surface area contributed by atoms with Gasteiger partial charge in [-0.05, 0) is 42.0 Å². The number of carbonyl (C=O) groups is 1. The van der Waals surface area contributed by atoms with Gasteiger partial charge in [0.15, 0.2) is 0 Å². The fourth-order valence-corrected chi connectivity index (χ4v) is 2.79. The van der Waals surface area contributed by atoms with E-state index >= 15 is 0 Å². The van der Waals surface area contributed by atoms with Crippen LogP contribution >= 0.6 is 15.9 Å². The van der Waals surface area contributed by atoms with Crippen LogP contribution in [0.15, 0.2) is 59.2 Å². The molecular weight excluding hydrogens is 420 g/mol. The zero-order chi connectivity index (χ0) is 19.4. The predicted molar refractivity (Wildman–Crippen MR) is 101 cm³/mol. The van der Waals surface area contributed by atoms with E-state index in [0.717, 1.165) is 5.56 Å². The third-order valence-electron chi connectivity index (χ3n) is 3.62. The van der Waals surface area contributed by atoms with Gasteiger partial charge in [-0.3, -0.25) is 4.79 Å². The third kappa shape index (κ3) is 4.79. The Balaban J connectivity index is 1.69. The van der Waals surface area contributed by atoms with Crippen LogP contribution in [0.2, 0.25) is 0 Å². The number of rotatable bonds is 6. The SMILES string of the molecule is NC(=O)c1c(F)cc(Br)cc1NCc1ccc(Oc2ccc(F)cc2)nc1. The highest BCUT2D eigenvalue weighted by Crippen LogP contribution is 2.25. The molecule has 0 fully saturated rings. The number of pyridine rings is 1. The molecule has 3 rings (SSSR count). The van der Waals surface area contributed by atoms with Crippen LogP contribution in [0.5, 0.6) is 11.6 Å². The first-order valence-corrected chi connectivity index (χ1v) is 8.63. The average molecular weight is 434 g/mol. The zero-order valence-electron chi connectivity index (χ0n) is 13.9. The number of benzene rings is 2. The van der Waals surface area contributed by atoms with Crippen molar-refractivity contribution in [3.05, 3.63) is 82.0 Å². The number of hydrogen-bond donors (Lipinski definition) is 2. The summed E-state index contributed by atoms with van der Waals surface area (Å²) in [6, 6.07) is 11.7. The van der Waals surface area contributed by atoms with E-state index in [9.17, 15) is 13.6 Å². The second kappa shape index (κ2) is 8.13. The molecule has 27 heavy (non-hydrogen) atoms. The van der Waals surface area contributed by atoms with Gasteiger partial charge in [0, 0.05) is 23.3 Å². The van der Waals surface area contributed by atoms with Gasteiger partial charge in [0.1, 0.15) is 17.4 Å². The molecule has 0 aliphatic carbocycles. The van der Waals surface area contributed by atoms with E-state index < -0.39 is 11.7 Å². The number of hydrogen-bond acceptors (Lipinski definition) is 4. The van der Waals surface area contributed by atoms with Gasteiger partial charge in [0.2, 0.25) is 5.88 Å². The van der Waals surface area contributed by atoms with Gasteiger partial charge >= 0.3 is 0 Å². The lowest BCUT2D eigenvalue weighted by Crippen LogP contribution is -2.16. The van der Waals surface area contributed by atoms with Crippen LogP contribution < -0.4 is 15.8 Å². The van der Waals surface area contributed by atoms with E-state index in [1.165, 1.54) is 30.3 Å². The predicted octanol–water partition coefficient (Wildman–Crippen LogP) is 4.63. The molecule has 1 amide bonds. The van der Waals surface area contributed by atoms with E-state index in [1.807, 2.05) is 0 Å². The quantitative estimate of drug-likeness (QED) is 0.594. The fraction of sp³-hybridized carbons (Fsp3) is 0.0526. The minimum atomic E-state index is -0.858. The minimum absolute atomic E-state index is 0.206. The topological polar surface area (TPSA) is 77.2 Å². The molecule has 0 aliphatic rings. The Kier molecular flexibility index (Phi) is 5.66. The van der Waals surface area contributed by atoms with Gasteiger partial charge in [0.05, 0.1) is 11.3 Å². The maximum Gasteiger partial charge on any atom is 0.253 e. The molecule has 0 atom stereocenters. The van der Waals surface area contributed by atoms with Crippen LogP contribution in [-0.2, 0) is 6.54 Å². The number of anilines is 1. The molecule has 8 heteroatoms. The molecule has 1 heterocycles. The molecule has 0 unspecified atom stereocenters. The molecule has 1 aromatic heterocycles. The summed E-state index contributed by atoms with van der Waals surface area (Å²) in [6.07, 6.45) is 1.57. The standard InChI is InChI=1S/C19H14BrF2N3O2/c20-12-7-15(22)18(19(23)26)16(8-12)24-9-11-1-6-17(25-10-11)27-14-4-2-13(21)3-5-14/h1-8,10,24H,9H2,(H2,23,26). The molecule has 0 aliphatic heterocycles. The van der Waals surface area contributed by atoms with Crippen LogP contribution in [-0.4, -0.2) is 10.9 Å². The number of aromatic nitrogens is 1. The Labute approximate surface area is 162 Å². The van der Waals surface area contributed by atoms with Gasteiger partial charge < -0.3 is 15.8 Å². The summed E-state index contributed by atoms with van der Waals surface area (Å²) in [4.78, 5) is 15.6. The van der Waals surface area contributed by atoms with Gasteiger partial charge in [-0.25, -0.2) is 13.8 Å². The smallest absolute Gasteiger partial charge is 0.253 e. The zero-order valence-corrected chi connectivity index (χ0v) is 15.5. The lowest BCUT2D eigenvalue weighted by atomic mass is 10.1. The Bertz CT molecular complexity index is 964. The summed E-state index contributed by atoms with van der Waals surface area (Å²) in [5.74, 6) is -1.11. The van der Waals surface area contributed by atoms with Gasteiger partial charge in [-0.1, -0.05) is 22.0 Å². The summed E-state index contributed by atoms with van der Waals surface area (Å²) < 4.78 is 32.8. The second-order valence-electron chi connectivity index (χ2n) is 5.59. The van der Waals surface area contributed by atoms with Gasteiger partial charge in [-0.2, -0.15) is 0 Å². The Morgan fingerprint density at radius 1 is 1.15 bits per heavy atom. The van der Waals surface area contributed by atoms with Crippen LogP contribution in [0.25, 0.3) is 0 Å². The molecule has 2 aromatic carbocycles. The Hall–Kier alpha value is -3.00. The molecule has 0 saturated heterocycles. The first-order chi connectivity index (χ1) is 12.9. The third-order valence-corrected chi connectivity index (χ3v) is 4.08. The van der Waals surface area contributed by atoms with E-state index in [-0.39, 0.29) is 17.1 Å². The number of amides is 1. The molecule has 5 nitrogen and oxygen atoms in total. The van der Waals surface area contributed by atoms with Crippen LogP contribution in [0, 0.1) is 11.6 Å². The van der Waals surface area contributed by atoms with Crippen molar-refractivity contribution >= 4 is 27.5 Å². The molecule has 138 valence electrons. The molecule has 0 saturated carbocycles. The van der Waals surface area contributed by atoms with E-state index in [4.69, 9.17) is 10.5 Å². The van der Waals surface area contributed by atoms with Crippen molar-refractivity contribution < 1.29 is 18.3 Å². The number of primary amides is 1. The maximum absolute atomic E-state index is 13.9. The number of nitrogens with one attached hydrogen (secondary N) is 1. The Morgan fingerprint density at radius 2 is 1.89 bits per heavy atom. The fourth-order valence-electron chi connectivity index (χ4n) is 2.36. The molecule has 3 aromatic rings. The van der Waals surface area contributed by atoms with Gasteiger partial charge in [-0.15, -0.1) is 0 Å². The van der Waals surface area contributed by atoms with Crippen molar-refractivity contribution in [3.8, 4) is 11.6 Å². The van der Waals surface area contributed by atoms with Gasteiger partial charge in [0.25, 0.3) is 5.91 Å². The summed E-state index contributed by atoms with van der Waals surface area (Å²) in [7, 11) is 0. The molecule has 0 radical (unpaired) electrons. The van der Waals surface area contributed by atoms with Crippen molar-refractivity contribution in [3.63, 3.8) is 0 Å². The lowest BCUT2D eigenvalue weighted by molar-refractivity contribution is 0.0997. The lowest BCUT2D eigenvalue weighted by Gasteiger charge is -2.12. The summed E-state index contributed by atoms with van der Waals surface area (Å²) >= 11 is 3.18. The second-order valence-corrected chi connectivity index (χ2v) is 6.50. The highest BCUT2D eigenvalue weighted by atomic mass is 79.9. The molecule has 0 spiro atoms. The largest absolute Gasteiger partial charge is 0.439 e. The summed E-state index contributed by atoms with van der Waals surface area (Å²) in [5, 5.41) is 2.97. The van der Waals surface area contributed by atoms with Crippen molar-refractivity contribution in [2.45, 2.75) is 6.54 Å². The van der Waals surface area contributed by atoms with E-state index in [0.29, 0.717) is 22.6 Å². The monoisotopic (exact) mass is 433 g/mol. The molecular formula is C19H14BrF2N3O2. The van der Waals surface area contributed by atoms with Crippen molar-refractivity contribution in [1.29, 1.82) is 0 Å². The number of halogens is 3.